The second-order valence-electron chi connectivity index (χ2n) is 5.30. The molecule has 1 heterocycles. The van der Waals surface area contributed by atoms with Crippen molar-refractivity contribution in [2.45, 2.75) is 0 Å². The maximum absolute atomic E-state index is 11.9. The molecule has 0 saturated carbocycles. The van der Waals surface area contributed by atoms with Gasteiger partial charge in [-0.2, -0.15) is 0 Å². The van der Waals surface area contributed by atoms with Gasteiger partial charge in [-0.15, -0.1) is 0 Å². The number of anilines is 1. The van der Waals surface area contributed by atoms with Gasteiger partial charge in [0.15, 0.2) is 11.5 Å². The quantitative estimate of drug-likeness (QED) is 0.601. The zero-order valence-electron chi connectivity index (χ0n) is 14.1. The number of amides is 2. The second kappa shape index (κ2) is 8.11. The average molecular weight is 358 g/mol. The molecule has 0 bridgehead atoms. The Kier molecular flexibility index (Phi) is 5.43. The molecular weight excluding hydrogens is 340 g/mol. The van der Waals surface area contributed by atoms with Gasteiger partial charge in [-0.3, -0.25) is 9.59 Å². The molecule has 0 atom stereocenters. The van der Waals surface area contributed by atoms with Crippen LogP contribution in [0.25, 0.3) is 0 Å². The Balaban J connectivity index is 1.40. The number of carbonyl (C=O) groups is 2. The van der Waals surface area contributed by atoms with Crippen molar-refractivity contribution in [2.24, 2.45) is 0 Å². The average Bonchev–Trinajstić information content (AvgIpc) is 3.13. The highest BCUT2D eigenvalue weighted by atomic mass is 16.7. The molecule has 0 aliphatic carbocycles. The van der Waals surface area contributed by atoms with Crippen molar-refractivity contribution < 1.29 is 28.5 Å². The number of hydrogen-bond acceptors (Lipinski definition) is 6. The van der Waals surface area contributed by atoms with E-state index in [2.05, 4.69) is 10.6 Å². The molecule has 136 valence electrons. The highest BCUT2D eigenvalue weighted by Crippen LogP contribution is 2.34. The van der Waals surface area contributed by atoms with E-state index < -0.39 is 11.8 Å². The Morgan fingerprint density at radius 2 is 1.73 bits per heavy atom. The van der Waals surface area contributed by atoms with E-state index in [9.17, 15) is 9.59 Å². The van der Waals surface area contributed by atoms with Gasteiger partial charge < -0.3 is 29.6 Å². The summed E-state index contributed by atoms with van der Waals surface area (Å²) in [4.78, 5) is 23.7. The Morgan fingerprint density at radius 3 is 2.50 bits per heavy atom. The molecule has 26 heavy (non-hydrogen) atoms. The molecule has 0 spiro atoms. The standard InChI is InChI=1S/C18H18N2O6/c1-23-13-3-5-14(6-4-13)24-9-8-19-17(21)18(22)20-12-2-7-15-16(10-12)26-11-25-15/h2-7,10H,8-9,11H2,1H3,(H,19,21)(H,20,22). The van der Waals surface area contributed by atoms with Crippen molar-refractivity contribution in [1.82, 2.24) is 5.32 Å². The van der Waals surface area contributed by atoms with E-state index in [-0.39, 0.29) is 19.9 Å². The van der Waals surface area contributed by atoms with E-state index in [4.69, 9.17) is 18.9 Å². The number of nitrogens with one attached hydrogen (secondary N) is 2. The van der Waals surface area contributed by atoms with Crippen LogP contribution in [0.15, 0.2) is 42.5 Å². The summed E-state index contributed by atoms with van der Waals surface area (Å²) in [6.07, 6.45) is 0. The molecule has 0 radical (unpaired) electrons. The first-order valence-electron chi connectivity index (χ1n) is 7.91. The van der Waals surface area contributed by atoms with Gasteiger partial charge in [0, 0.05) is 11.8 Å². The van der Waals surface area contributed by atoms with E-state index >= 15 is 0 Å². The number of rotatable bonds is 6. The number of hydrogen-bond donors (Lipinski definition) is 2. The molecule has 3 rings (SSSR count). The van der Waals surface area contributed by atoms with Crippen molar-refractivity contribution in [3.05, 3.63) is 42.5 Å². The fourth-order valence-electron chi connectivity index (χ4n) is 2.25. The summed E-state index contributed by atoms with van der Waals surface area (Å²) in [6, 6.07) is 11.9. The van der Waals surface area contributed by atoms with Crippen LogP contribution in [0.1, 0.15) is 0 Å². The minimum absolute atomic E-state index is 0.140. The number of carbonyl (C=O) groups excluding carboxylic acids is 2. The normalized spacial score (nSPS) is 11.6. The van der Waals surface area contributed by atoms with Gasteiger partial charge in [0.1, 0.15) is 18.1 Å². The van der Waals surface area contributed by atoms with Crippen LogP contribution < -0.4 is 29.6 Å². The number of ether oxygens (including phenoxy) is 4. The molecule has 0 fully saturated rings. The fraction of sp³-hybridized carbons (Fsp3) is 0.222. The zero-order chi connectivity index (χ0) is 18.4. The van der Waals surface area contributed by atoms with Crippen LogP contribution in [-0.4, -0.2) is 38.9 Å². The maximum Gasteiger partial charge on any atom is 0.313 e. The molecular formula is C18H18N2O6. The molecule has 1 aliphatic rings. The van der Waals surface area contributed by atoms with Crippen molar-refractivity contribution in [2.75, 3.05) is 32.4 Å². The first-order valence-corrected chi connectivity index (χ1v) is 7.91. The van der Waals surface area contributed by atoms with Gasteiger partial charge in [-0.1, -0.05) is 0 Å². The number of methoxy groups -OCH3 is 1. The third-order valence-electron chi connectivity index (χ3n) is 3.55. The third kappa shape index (κ3) is 4.35. The number of fused-ring (bicyclic) bond motifs is 1. The third-order valence-corrected chi connectivity index (χ3v) is 3.55. The van der Waals surface area contributed by atoms with Gasteiger partial charge in [-0.25, -0.2) is 0 Å². The highest BCUT2D eigenvalue weighted by Gasteiger charge is 2.17. The lowest BCUT2D eigenvalue weighted by molar-refractivity contribution is -0.136. The van der Waals surface area contributed by atoms with Gasteiger partial charge in [0.2, 0.25) is 6.79 Å². The van der Waals surface area contributed by atoms with E-state index in [1.807, 2.05) is 0 Å². The molecule has 8 nitrogen and oxygen atoms in total. The SMILES string of the molecule is COc1ccc(OCCNC(=O)C(=O)Nc2ccc3c(c2)OCO3)cc1. The zero-order valence-corrected chi connectivity index (χ0v) is 14.1. The molecule has 2 N–H and O–H groups in total. The van der Waals surface area contributed by atoms with E-state index in [1.54, 1.807) is 49.6 Å². The van der Waals surface area contributed by atoms with Crippen molar-refractivity contribution in [3.8, 4) is 23.0 Å². The molecule has 2 amide bonds. The molecule has 8 heteroatoms. The van der Waals surface area contributed by atoms with Gasteiger partial charge >= 0.3 is 11.8 Å². The van der Waals surface area contributed by atoms with Crippen molar-refractivity contribution >= 4 is 17.5 Å². The lowest BCUT2D eigenvalue weighted by atomic mass is 10.2. The molecule has 2 aromatic carbocycles. The van der Waals surface area contributed by atoms with E-state index in [0.29, 0.717) is 22.9 Å². The van der Waals surface area contributed by atoms with Gasteiger partial charge in [0.25, 0.3) is 0 Å². The summed E-state index contributed by atoms with van der Waals surface area (Å²) in [5.41, 5.74) is 0.448. The summed E-state index contributed by atoms with van der Waals surface area (Å²) < 4.78 is 20.9. The number of benzene rings is 2. The van der Waals surface area contributed by atoms with Crippen LogP contribution in [0.3, 0.4) is 0 Å². The van der Waals surface area contributed by atoms with Crippen molar-refractivity contribution in [1.29, 1.82) is 0 Å². The van der Waals surface area contributed by atoms with Crippen LogP contribution in [0.4, 0.5) is 5.69 Å². The smallest absolute Gasteiger partial charge is 0.313 e. The minimum Gasteiger partial charge on any atom is -0.497 e. The lowest BCUT2D eigenvalue weighted by Crippen LogP contribution is -2.37. The molecule has 0 saturated heterocycles. The minimum atomic E-state index is -0.770. The first-order chi connectivity index (χ1) is 12.7. The Bertz CT molecular complexity index is 791. The highest BCUT2D eigenvalue weighted by molar-refractivity contribution is 6.39. The summed E-state index contributed by atoms with van der Waals surface area (Å²) in [6.45, 7) is 0.566. The Hall–Kier alpha value is -3.42. The van der Waals surface area contributed by atoms with Crippen LogP contribution in [-0.2, 0) is 9.59 Å². The maximum atomic E-state index is 11.9. The Morgan fingerprint density at radius 1 is 1.00 bits per heavy atom. The lowest BCUT2D eigenvalue weighted by Gasteiger charge is -2.09. The van der Waals surface area contributed by atoms with Gasteiger partial charge in [-0.05, 0) is 36.4 Å². The molecule has 0 unspecified atom stereocenters. The predicted molar refractivity (Wildman–Crippen MR) is 92.7 cm³/mol. The Labute approximate surface area is 150 Å². The second-order valence-corrected chi connectivity index (χ2v) is 5.30. The largest absolute Gasteiger partial charge is 0.497 e. The van der Waals surface area contributed by atoms with Crippen molar-refractivity contribution in [3.63, 3.8) is 0 Å². The predicted octanol–water partition coefficient (Wildman–Crippen LogP) is 1.56. The topological polar surface area (TPSA) is 95.1 Å². The van der Waals surface area contributed by atoms with Crippen LogP contribution in [0, 0.1) is 0 Å². The summed E-state index contributed by atoms with van der Waals surface area (Å²) in [5, 5.41) is 4.99. The van der Waals surface area contributed by atoms with Crippen LogP contribution in [0.5, 0.6) is 23.0 Å². The van der Waals surface area contributed by atoms with Crippen LogP contribution in [0.2, 0.25) is 0 Å². The summed E-state index contributed by atoms with van der Waals surface area (Å²) >= 11 is 0. The summed E-state index contributed by atoms with van der Waals surface area (Å²) in [7, 11) is 1.58. The monoisotopic (exact) mass is 358 g/mol. The first kappa shape index (κ1) is 17.4. The van der Waals surface area contributed by atoms with Gasteiger partial charge in [0.05, 0.1) is 13.7 Å². The van der Waals surface area contributed by atoms with E-state index in [0.717, 1.165) is 5.75 Å². The molecule has 1 aliphatic heterocycles. The summed E-state index contributed by atoms with van der Waals surface area (Å²) in [5.74, 6) is 0.976. The van der Waals surface area contributed by atoms with Crippen LogP contribution >= 0.6 is 0 Å². The van der Waals surface area contributed by atoms with E-state index in [1.165, 1.54) is 0 Å². The molecule has 0 aromatic heterocycles. The fourth-order valence-corrected chi connectivity index (χ4v) is 2.25. The molecule has 2 aromatic rings.